The molecule has 0 saturated heterocycles. The van der Waals surface area contributed by atoms with Crippen LogP contribution in [0.25, 0.3) is 0 Å². The van der Waals surface area contributed by atoms with Crippen LogP contribution in [-0.4, -0.2) is 37.4 Å². The van der Waals surface area contributed by atoms with Gasteiger partial charge >= 0.3 is 5.97 Å². The van der Waals surface area contributed by atoms with E-state index in [2.05, 4.69) is 19.2 Å². The van der Waals surface area contributed by atoms with Gasteiger partial charge in [-0.15, -0.1) is 0 Å². The number of hydrogen-bond acceptors (Lipinski definition) is 3. The molecule has 18 heavy (non-hydrogen) atoms. The largest absolute Gasteiger partial charge is 0.480 e. The second-order valence-corrected chi connectivity index (χ2v) is 6.03. The van der Waals surface area contributed by atoms with Crippen molar-refractivity contribution in [2.24, 2.45) is 11.3 Å². The molecular weight excluding hydrogens is 230 g/mol. The fourth-order valence-electron chi connectivity index (χ4n) is 3.17. The SMILES string of the molecule is COCC(NCC1(CC(C)C)CCCC1)C(=O)O. The molecule has 1 saturated carbocycles. The summed E-state index contributed by atoms with van der Waals surface area (Å²) in [4.78, 5) is 11.1. The van der Waals surface area contributed by atoms with Crippen LogP contribution < -0.4 is 5.32 Å². The highest BCUT2D eigenvalue weighted by molar-refractivity contribution is 5.73. The van der Waals surface area contributed by atoms with Gasteiger partial charge in [-0.05, 0) is 30.6 Å². The smallest absolute Gasteiger partial charge is 0.323 e. The van der Waals surface area contributed by atoms with E-state index in [9.17, 15) is 4.79 Å². The first-order chi connectivity index (χ1) is 8.49. The topological polar surface area (TPSA) is 58.6 Å². The average Bonchev–Trinajstić information content (AvgIpc) is 2.71. The predicted molar refractivity (Wildman–Crippen MR) is 71.7 cm³/mol. The molecule has 0 aromatic rings. The van der Waals surface area contributed by atoms with Crippen LogP contribution in [0.15, 0.2) is 0 Å². The second kappa shape index (κ2) is 7.10. The van der Waals surface area contributed by atoms with Crippen LogP contribution in [0.2, 0.25) is 0 Å². The molecule has 1 rings (SSSR count). The quantitative estimate of drug-likeness (QED) is 0.700. The van der Waals surface area contributed by atoms with E-state index in [-0.39, 0.29) is 6.61 Å². The Labute approximate surface area is 110 Å². The van der Waals surface area contributed by atoms with Gasteiger partial charge in [-0.2, -0.15) is 0 Å². The maximum absolute atomic E-state index is 11.1. The molecule has 1 aliphatic carbocycles. The fourth-order valence-corrected chi connectivity index (χ4v) is 3.17. The van der Waals surface area contributed by atoms with Crippen molar-refractivity contribution < 1.29 is 14.6 Å². The third-order valence-corrected chi connectivity index (χ3v) is 3.86. The summed E-state index contributed by atoms with van der Waals surface area (Å²) in [5.74, 6) is -0.162. The van der Waals surface area contributed by atoms with Crippen LogP contribution in [0.1, 0.15) is 46.0 Å². The van der Waals surface area contributed by atoms with Crippen LogP contribution in [0.5, 0.6) is 0 Å². The van der Waals surface area contributed by atoms with E-state index < -0.39 is 12.0 Å². The van der Waals surface area contributed by atoms with E-state index >= 15 is 0 Å². The van der Waals surface area contributed by atoms with E-state index in [1.54, 1.807) is 0 Å². The van der Waals surface area contributed by atoms with Gasteiger partial charge in [-0.1, -0.05) is 26.7 Å². The summed E-state index contributed by atoms with van der Waals surface area (Å²) in [6.07, 6.45) is 6.17. The number of nitrogens with one attached hydrogen (secondary N) is 1. The number of carboxylic acid groups (broad SMARTS) is 1. The highest BCUT2D eigenvalue weighted by Crippen LogP contribution is 2.42. The molecule has 4 nitrogen and oxygen atoms in total. The van der Waals surface area contributed by atoms with Gasteiger partial charge in [0.25, 0.3) is 0 Å². The van der Waals surface area contributed by atoms with E-state index in [0.717, 1.165) is 6.54 Å². The minimum Gasteiger partial charge on any atom is -0.480 e. The number of rotatable bonds is 8. The minimum absolute atomic E-state index is 0.229. The lowest BCUT2D eigenvalue weighted by Gasteiger charge is -2.32. The molecule has 0 bridgehead atoms. The second-order valence-electron chi connectivity index (χ2n) is 6.03. The Morgan fingerprint density at radius 3 is 2.44 bits per heavy atom. The van der Waals surface area contributed by atoms with E-state index in [4.69, 9.17) is 9.84 Å². The maximum Gasteiger partial charge on any atom is 0.323 e. The molecule has 0 aliphatic heterocycles. The monoisotopic (exact) mass is 257 g/mol. The number of aliphatic carboxylic acids is 1. The van der Waals surface area contributed by atoms with Crippen molar-refractivity contribution in [1.29, 1.82) is 0 Å². The number of ether oxygens (including phenoxy) is 1. The standard InChI is InChI=1S/C14H27NO3/c1-11(2)8-14(6-4-5-7-14)10-15-12(9-18-3)13(16)17/h11-12,15H,4-10H2,1-3H3,(H,16,17). The zero-order chi connectivity index (χ0) is 13.6. The average molecular weight is 257 g/mol. The summed E-state index contributed by atoms with van der Waals surface area (Å²) in [5, 5.41) is 12.3. The van der Waals surface area contributed by atoms with Gasteiger partial charge in [-0.25, -0.2) is 0 Å². The number of methoxy groups -OCH3 is 1. The molecule has 0 spiro atoms. The van der Waals surface area contributed by atoms with Crippen LogP contribution in [0.3, 0.4) is 0 Å². The molecular formula is C14H27NO3. The molecule has 1 fully saturated rings. The highest BCUT2D eigenvalue weighted by atomic mass is 16.5. The molecule has 106 valence electrons. The van der Waals surface area contributed by atoms with Gasteiger partial charge in [-0.3, -0.25) is 4.79 Å². The van der Waals surface area contributed by atoms with Crippen LogP contribution >= 0.6 is 0 Å². The third-order valence-electron chi connectivity index (χ3n) is 3.86. The third kappa shape index (κ3) is 4.58. The molecule has 0 heterocycles. The van der Waals surface area contributed by atoms with Crippen molar-refractivity contribution in [3.8, 4) is 0 Å². The molecule has 1 unspecified atom stereocenters. The summed E-state index contributed by atoms with van der Waals surface area (Å²) >= 11 is 0. The molecule has 0 radical (unpaired) electrons. The van der Waals surface area contributed by atoms with Crippen molar-refractivity contribution >= 4 is 5.97 Å². The normalized spacial score (nSPS) is 20.2. The molecule has 1 aliphatic rings. The molecule has 0 aromatic carbocycles. The first-order valence-electron chi connectivity index (χ1n) is 6.94. The van der Waals surface area contributed by atoms with Gasteiger partial charge in [0, 0.05) is 13.7 Å². The highest BCUT2D eigenvalue weighted by Gasteiger charge is 2.35. The van der Waals surface area contributed by atoms with E-state index in [1.165, 1.54) is 39.2 Å². The summed E-state index contributed by atoms with van der Waals surface area (Å²) in [5.41, 5.74) is 0.301. The Kier molecular flexibility index (Phi) is 6.09. The Morgan fingerprint density at radius 1 is 1.39 bits per heavy atom. The predicted octanol–water partition coefficient (Wildman–Crippen LogP) is 2.28. The number of hydrogen-bond donors (Lipinski definition) is 2. The maximum atomic E-state index is 11.1. The molecule has 0 aromatic heterocycles. The van der Waals surface area contributed by atoms with Gasteiger partial charge in [0.2, 0.25) is 0 Å². The van der Waals surface area contributed by atoms with Crippen LogP contribution in [0, 0.1) is 11.3 Å². The van der Waals surface area contributed by atoms with Crippen LogP contribution in [-0.2, 0) is 9.53 Å². The summed E-state index contributed by atoms with van der Waals surface area (Å²) in [6, 6.07) is -0.584. The van der Waals surface area contributed by atoms with Crippen molar-refractivity contribution in [3.05, 3.63) is 0 Å². The zero-order valence-corrected chi connectivity index (χ0v) is 11.9. The lowest BCUT2D eigenvalue weighted by atomic mass is 9.78. The summed E-state index contributed by atoms with van der Waals surface area (Å²) in [7, 11) is 1.54. The van der Waals surface area contributed by atoms with Crippen molar-refractivity contribution in [2.45, 2.75) is 52.0 Å². The van der Waals surface area contributed by atoms with Crippen molar-refractivity contribution in [1.82, 2.24) is 5.32 Å². The Hall–Kier alpha value is -0.610. The minimum atomic E-state index is -0.824. The first kappa shape index (κ1) is 15.4. The zero-order valence-electron chi connectivity index (χ0n) is 11.9. The molecule has 0 amide bonds. The van der Waals surface area contributed by atoms with Crippen molar-refractivity contribution in [2.75, 3.05) is 20.3 Å². The first-order valence-corrected chi connectivity index (χ1v) is 6.94. The molecule has 1 atom stereocenters. The fraction of sp³-hybridized carbons (Fsp3) is 0.929. The lowest BCUT2D eigenvalue weighted by molar-refractivity contribution is -0.141. The number of carbonyl (C=O) groups is 1. The molecule has 2 N–H and O–H groups in total. The summed E-state index contributed by atoms with van der Waals surface area (Å²) in [6.45, 7) is 5.51. The van der Waals surface area contributed by atoms with E-state index in [0.29, 0.717) is 11.3 Å². The Morgan fingerprint density at radius 2 is 2.00 bits per heavy atom. The van der Waals surface area contributed by atoms with Gasteiger partial charge < -0.3 is 15.2 Å². The molecule has 4 heteroatoms. The van der Waals surface area contributed by atoms with Gasteiger partial charge in [0.05, 0.1) is 6.61 Å². The lowest BCUT2D eigenvalue weighted by Crippen LogP contribution is -2.45. The van der Waals surface area contributed by atoms with Crippen LogP contribution in [0.4, 0.5) is 0 Å². The van der Waals surface area contributed by atoms with Gasteiger partial charge in [0.15, 0.2) is 0 Å². The Bertz CT molecular complexity index is 260. The van der Waals surface area contributed by atoms with Gasteiger partial charge in [0.1, 0.15) is 6.04 Å². The van der Waals surface area contributed by atoms with E-state index in [1.807, 2.05) is 0 Å². The number of carboxylic acids is 1. The summed E-state index contributed by atoms with van der Waals surface area (Å²) < 4.78 is 4.95. The van der Waals surface area contributed by atoms with Crippen molar-refractivity contribution in [3.63, 3.8) is 0 Å². The Balaban J connectivity index is 2.53.